The Labute approximate surface area is 96.5 Å². The van der Waals surface area contributed by atoms with E-state index in [9.17, 15) is 9.70 Å². The predicted molar refractivity (Wildman–Crippen MR) is 59.5 cm³/mol. The van der Waals surface area contributed by atoms with Gasteiger partial charge >= 0.3 is 0 Å². The van der Waals surface area contributed by atoms with Crippen molar-refractivity contribution in [3.05, 3.63) is 38.7 Å². The van der Waals surface area contributed by atoms with Gasteiger partial charge in [-0.05, 0) is 12.1 Å². The average molecular weight is 247 g/mol. The van der Waals surface area contributed by atoms with Crippen molar-refractivity contribution in [2.45, 2.75) is 0 Å². The van der Waals surface area contributed by atoms with Crippen LogP contribution in [0.25, 0.3) is 0 Å². The van der Waals surface area contributed by atoms with Crippen molar-refractivity contribution in [1.29, 1.82) is 0 Å². The largest absolute Gasteiger partial charge is 0.350 e. The summed E-state index contributed by atoms with van der Waals surface area (Å²) < 4.78 is 0. The van der Waals surface area contributed by atoms with Crippen molar-refractivity contribution < 1.29 is 4.79 Å². The number of carbonyl (C=O) groups is 1. The van der Waals surface area contributed by atoms with E-state index in [2.05, 4.69) is 10.5 Å². The topological polar surface area (TPSA) is 58.5 Å². The number of benzene rings is 1. The molecule has 1 amide bonds. The second kappa shape index (κ2) is 5.68. The van der Waals surface area contributed by atoms with Crippen LogP contribution in [0.5, 0.6) is 0 Å². The highest BCUT2D eigenvalue weighted by Crippen LogP contribution is 2.25. The van der Waals surface area contributed by atoms with Crippen LogP contribution >= 0.6 is 23.2 Å². The van der Waals surface area contributed by atoms with E-state index in [-0.39, 0.29) is 29.6 Å². The van der Waals surface area contributed by atoms with Crippen LogP contribution in [-0.4, -0.2) is 19.0 Å². The lowest BCUT2D eigenvalue weighted by molar-refractivity contribution is 0.0955. The second-order valence-electron chi connectivity index (χ2n) is 2.71. The van der Waals surface area contributed by atoms with Crippen LogP contribution in [0.1, 0.15) is 10.4 Å². The molecule has 15 heavy (non-hydrogen) atoms. The number of hydrogen-bond acceptors (Lipinski definition) is 3. The number of carbonyl (C=O) groups excluding carboxylic acids is 1. The molecule has 0 radical (unpaired) electrons. The minimum absolute atomic E-state index is 0.0317. The third-order valence-electron chi connectivity index (χ3n) is 1.68. The fraction of sp³-hybridized carbons (Fsp3) is 0.222. The van der Waals surface area contributed by atoms with Crippen LogP contribution in [0, 0.1) is 4.91 Å². The molecule has 6 heteroatoms. The molecule has 0 saturated carbocycles. The molecule has 0 aliphatic rings. The third kappa shape index (κ3) is 3.18. The molecule has 0 aliphatic carbocycles. The minimum atomic E-state index is -0.369. The van der Waals surface area contributed by atoms with Gasteiger partial charge in [-0.15, -0.1) is 0 Å². The Morgan fingerprint density at radius 3 is 2.80 bits per heavy atom. The Morgan fingerprint density at radius 1 is 1.40 bits per heavy atom. The third-order valence-corrected chi connectivity index (χ3v) is 2.50. The molecule has 0 aromatic heterocycles. The maximum Gasteiger partial charge on any atom is 0.252 e. The molecule has 0 fully saturated rings. The first-order chi connectivity index (χ1) is 7.16. The van der Waals surface area contributed by atoms with E-state index in [0.717, 1.165) is 0 Å². The van der Waals surface area contributed by atoms with Crippen molar-refractivity contribution in [2.75, 3.05) is 13.1 Å². The highest BCUT2D eigenvalue weighted by atomic mass is 35.5. The summed E-state index contributed by atoms with van der Waals surface area (Å²) in [5.74, 6) is -0.369. The fourth-order valence-electron chi connectivity index (χ4n) is 0.989. The van der Waals surface area contributed by atoms with Gasteiger partial charge in [0.25, 0.3) is 5.91 Å². The molecular weight excluding hydrogens is 239 g/mol. The molecule has 0 bridgehead atoms. The second-order valence-corrected chi connectivity index (χ2v) is 3.50. The molecule has 80 valence electrons. The maximum atomic E-state index is 11.5. The monoisotopic (exact) mass is 246 g/mol. The van der Waals surface area contributed by atoms with Gasteiger partial charge in [-0.1, -0.05) is 34.4 Å². The number of nitroso groups, excluding NO2 is 1. The van der Waals surface area contributed by atoms with Gasteiger partial charge in [0.2, 0.25) is 0 Å². The Hall–Kier alpha value is -1.13. The molecule has 0 spiro atoms. The smallest absolute Gasteiger partial charge is 0.252 e. The van der Waals surface area contributed by atoms with E-state index in [1.54, 1.807) is 18.2 Å². The van der Waals surface area contributed by atoms with E-state index in [4.69, 9.17) is 23.2 Å². The lowest BCUT2D eigenvalue weighted by Crippen LogP contribution is -2.26. The molecule has 1 rings (SSSR count). The lowest BCUT2D eigenvalue weighted by atomic mass is 10.2. The Morgan fingerprint density at radius 2 is 2.13 bits per heavy atom. The molecule has 0 atom stereocenters. The van der Waals surface area contributed by atoms with Gasteiger partial charge in [0, 0.05) is 6.54 Å². The van der Waals surface area contributed by atoms with Crippen molar-refractivity contribution in [3.8, 4) is 0 Å². The van der Waals surface area contributed by atoms with E-state index < -0.39 is 0 Å². The van der Waals surface area contributed by atoms with Gasteiger partial charge in [0.15, 0.2) is 0 Å². The summed E-state index contributed by atoms with van der Waals surface area (Å²) in [6.07, 6.45) is 0. The van der Waals surface area contributed by atoms with E-state index >= 15 is 0 Å². The van der Waals surface area contributed by atoms with E-state index in [0.29, 0.717) is 5.02 Å². The molecule has 0 aliphatic heterocycles. The standard InChI is InChI=1S/C9H8Cl2N2O2/c10-7-3-1-2-6(8(7)11)9(14)12-4-5-13-15/h1-3H,4-5H2,(H,12,14). The number of nitrogens with one attached hydrogen (secondary N) is 1. The van der Waals surface area contributed by atoms with Crippen LogP contribution in [0.4, 0.5) is 0 Å². The van der Waals surface area contributed by atoms with Crippen LogP contribution in [0.15, 0.2) is 23.4 Å². The number of rotatable bonds is 4. The van der Waals surface area contributed by atoms with E-state index in [1.165, 1.54) is 0 Å². The van der Waals surface area contributed by atoms with Crippen molar-refractivity contribution in [2.24, 2.45) is 5.18 Å². The molecule has 0 heterocycles. The highest BCUT2D eigenvalue weighted by Gasteiger charge is 2.11. The zero-order valence-corrected chi connectivity index (χ0v) is 9.18. The number of hydrogen-bond donors (Lipinski definition) is 1. The first-order valence-electron chi connectivity index (χ1n) is 4.18. The van der Waals surface area contributed by atoms with Crippen molar-refractivity contribution >= 4 is 29.1 Å². The molecule has 0 saturated heterocycles. The number of nitrogens with zero attached hydrogens (tertiary/aromatic N) is 1. The molecule has 1 N–H and O–H groups in total. The van der Waals surface area contributed by atoms with Gasteiger partial charge in [0.1, 0.15) is 0 Å². The first-order valence-corrected chi connectivity index (χ1v) is 4.93. The maximum absolute atomic E-state index is 11.5. The van der Waals surface area contributed by atoms with Gasteiger partial charge in [-0.25, -0.2) is 0 Å². The fourth-order valence-corrected chi connectivity index (χ4v) is 1.38. The Balaban J connectivity index is 2.73. The molecular formula is C9H8Cl2N2O2. The van der Waals surface area contributed by atoms with Gasteiger partial charge in [-0.2, -0.15) is 4.91 Å². The molecule has 4 nitrogen and oxygen atoms in total. The van der Waals surface area contributed by atoms with Crippen LogP contribution in [-0.2, 0) is 0 Å². The summed E-state index contributed by atoms with van der Waals surface area (Å²) in [4.78, 5) is 21.3. The summed E-state index contributed by atoms with van der Waals surface area (Å²) in [7, 11) is 0. The summed E-state index contributed by atoms with van der Waals surface area (Å²) in [6.45, 7) is 0.217. The normalized spacial score (nSPS) is 9.73. The van der Waals surface area contributed by atoms with Gasteiger partial charge in [-0.3, -0.25) is 4.79 Å². The summed E-state index contributed by atoms with van der Waals surface area (Å²) in [6, 6.07) is 4.77. The predicted octanol–water partition coefficient (Wildman–Crippen LogP) is 2.49. The quantitative estimate of drug-likeness (QED) is 0.656. The Bertz CT molecular complexity index is 382. The number of amides is 1. The Kier molecular flexibility index (Phi) is 4.52. The van der Waals surface area contributed by atoms with Gasteiger partial charge < -0.3 is 5.32 Å². The van der Waals surface area contributed by atoms with Crippen molar-refractivity contribution in [1.82, 2.24) is 5.32 Å². The molecule has 1 aromatic carbocycles. The van der Waals surface area contributed by atoms with Gasteiger partial charge in [0.05, 0.1) is 22.2 Å². The lowest BCUT2D eigenvalue weighted by Gasteiger charge is -2.05. The van der Waals surface area contributed by atoms with Crippen molar-refractivity contribution in [3.63, 3.8) is 0 Å². The van der Waals surface area contributed by atoms with Crippen LogP contribution in [0.3, 0.4) is 0 Å². The summed E-state index contributed by atoms with van der Waals surface area (Å²) in [5, 5.41) is 5.63. The molecule has 1 aromatic rings. The SMILES string of the molecule is O=NCCNC(=O)c1cccc(Cl)c1Cl. The first kappa shape index (κ1) is 11.9. The van der Waals surface area contributed by atoms with E-state index in [1.807, 2.05) is 0 Å². The van der Waals surface area contributed by atoms with Crippen LogP contribution in [0.2, 0.25) is 10.0 Å². The minimum Gasteiger partial charge on any atom is -0.350 e. The highest BCUT2D eigenvalue weighted by molar-refractivity contribution is 6.43. The zero-order valence-electron chi connectivity index (χ0n) is 7.67. The molecule has 0 unspecified atom stereocenters. The average Bonchev–Trinajstić information content (AvgIpc) is 2.22. The summed E-state index contributed by atoms with van der Waals surface area (Å²) in [5.41, 5.74) is 0.287. The zero-order chi connectivity index (χ0) is 11.3. The van der Waals surface area contributed by atoms with Crippen LogP contribution < -0.4 is 5.32 Å². The summed E-state index contributed by atoms with van der Waals surface area (Å²) >= 11 is 11.6. The number of halogens is 2.